The summed E-state index contributed by atoms with van der Waals surface area (Å²) in [6.45, 7) is 1.79. The van der Waals surface area contributed by atoms with Crippen LogP contribution < -0.4 is 0 Å². The molecule has 0 amide bonds. The van der Waals surface area contributed by atoms with Gasteiger partial charge in [-0.3, -0.25) is 5.10 Å². The van der Waals surface area contributed by atoms with Gasteiger partial charge in [0.15, 0.2) is 0 Å². The van der Waals surface area contributed by atoms with E-state index >= 15 is 0 Å². The quantitative estimate of drug-likeness (QED) is 0.647. The van der Waals surface area contributed by atoms with Gasteiger partial charge in [0, 0.05) is 6.20 Å². The second-order valence-corrected chi connectivity index (χ2v) is 3.28. The van der Waals surface area contributed by atoms with Gasteiger partial charge in [0.2, 0.25) is 0 Å². The molecule has 1 aliphatic rings. The minimum absolute atomic E-state index is 0.382. The van der Waals surface area contributed by atoms with Gasteiger partial charge >= 0.3 is 0 Å². The van der Waals surface area contributed by atoms with Crippen molar-refractivity contribution in [1.82, 2.24) is 15.4 Å². The molecule has 1 heterocycles. The molecule has 0 aliphatic heterocycles. The fraction of sp³-hybridized carbons (Fsp3) is 0.714. The summed E-state index contributed by atoms with van der Waals surface area (Å²) < 4.78 is 0. The lowest BCUT2D eigenvalue weighted by atomic mass is 9.97. The number of aromatic amines is 1. The highest BCUT2D eigenvalue weighted by Crippen LogP contribution is 2.44. The standard InChI is InChI=1S/C7H11N3O/c1-7(11,5-2-3-5)6-4-8-10-9-6/h4-5,11H,2-3H2,1H3,(H,8,9,10). The minimum Gasteiger partial charge on any atom is -0.383 e. The number of hydrogen-bond donors (Lipinski definition) is 2. The largest absolute Gasteiger partial charge is 0.383 e. The molecule has 1 saturated carbocycles. The summed E-state index contributed by atoms with van der Waals surface area (Å²) in [7, 11) is 0. The summed E-state index contributed by atoms with van der Waals surface area (Å²) in [4.78, 5) is 0. The van der Waals surface area contributed by atoms with Gasteiger partial charge in [-0.25, -0.2) is 0 Å². The van der Waals surface area contributed by atoms with E-state index in [-0.39, 0.29) is 0 Å². The monoisotopic (exact) mass is 153 g/mol. The Hall–Kier alpha value is -0.900. The van der Waals surface area contributed by atoms with Crippen LogP contribution in [0.4, 0.5) is 0 Å². The molecule has 1 unspecified atom stereocenters. The van der Waals surface area contributed by atoms with E-state index in [1.807, 2.05) is 0 Å². The highest BCUT2D eigenvalue weighted by atomic mass is 16.3. The van der Waals surface area contributed by atoms with Crippen LogP contribution in [0.15, 0.2) is 6.20 Å². The second-order valence-electron chi connectivity index (χ2n) is 3.28. The molecule has 1 aliphatic carbocycles. The van der Waals surface area contributed by atoms with Crippen molar-refractivity contribution in [2.45, 2.75) is 25.4 Å². The molecular weight excluding hydrogens is 142 g/mol. The van der Waals surface area contributed by atoms with Crippen LogP contribution in [0.1, 0.15) is 25.5 Å². The molecule has 4 heteroatoms. The van der Waals surface area contributed by atoms with Crippen LogP contribution in [0, 0.1) is 5.92 Å². The van der Waals surface area contributed by atoms with Crippen LogP contribution in [0.25, 0.3) is 0 Å². The Morgan fingerprint density at radius 3 is 2.91 bits per heavy atom. The topological polar surface area (TPSA) is 61.8 Å². The zero-order valence-corrected chi connectivity index (χ0v) is 6.41. The van der Waals surface area contributed by atoms with E-state index in [2.05, 4.69) is 15.4 Å². The van der Waals surface area contributed by atoms with Crippen molar-refractivity contribution in [1.29, 1.82) is 0 Å². The first-order valence-corrected chi connectivity index (χ1v) is 3.80. The van der Waals surface area contributed by atoms with Crippen LogP contribution in [-0.4, -0.2) is 20.5 Å². The van der Waals surface area contributed by atoms with Crippen LogP contribution in [0.2, 0.25) is 0 Å². The maximum absolute atomic E-state index is 9.89. The molecule has 1 fully saturated rings. The predicted molar refractivity (Wildman–Crippen MR) is 38.7 cm³/mol. The number of H-pyrrole nitrogens is 1. The van der Waals surface area contributed by atoms with E-state index in [0.717, 1.165) is 12.8 Å². The number of nitrogens with one attached hydrogen (secondary N) is 1. The molecule has 0 saturated heterocycles. The number of hydrogen-bond acceptors (Lipinski definition) is 3. The summed E-state index contributed by atoms with van der Waals surface area (Å²) in [5.74, 6) is 0.382. The number of rotatable bonds is 2. The van der Waals surface area contributed by atoms with Crippen molar-refractivity contribution in [3.8, 4) is 0 Å². The minimum atomic E-state index is -0.771. The van der Waals surface area contributed by atoms with E-state index in [1.165, 1.54) is 0 Å². The molecule has 2 N–H and O–H groups in total. The fourth-order valence-corrected chi connectivity index (χ4v) is 1.30. The third-order valence-corrected chi connectivity index (χ3v) is 2.31. The van der Waals surface area contributed by atoms with Crippen molar-refractivity contribution >= 4 is 0 Å². The molecule has 2 rings (SSSR count). The van der Waals surface area contributed by atoms with Crippen LogP contribution in [-0.2, 0) is 5.60 Å². The zero-order valence-electron chi connectivity index (χ0n) is 6.41. The summed E-state index contributed by atoms with van der Waals surface area (Å²) in [6, 6.07) is 0. The number of aliphatic hydroxyl groups is 1. The maximum atomic E-state index is 9.89. The van der Waals surface area contributed by atoms with Gasteiger partial charge in [-0.15, -0.1) is 5.10 Å². The molecule has 0 spiro atoms. The third-order valence-electron chi connectivity index (χ3n) is 2.31. The first-order chi connectivity index (χ1) is 5.21. The Kier molecular flexibility index (Phi) is 1.26. The van der Waals surface area contributed by atoms with Gasteiger partial charge in [-0.1, -0.05) is 5.21 Å². The Morgan fingerprint density at radius 2 is 2.45 bits per heavy atom. The lowest BCUT2D eigenvalue weighted by Crippen LogP contribution is -2.24. The molecule has 1 aromatic heterocycles. The lowest BCUT2D eigenvalue weighted by Gasteiger charge is -2.18. The maximum Gasteiger partial charge on any atom is 0.114 e. The highest BCUT2D eigenvalue weighted by molar-refractivity contribution is 5.09. The van der Waals surface area contributed by atoms with Crippen molar-refractivity contribution in [2.24, 2.45) is 5.92 Å². The van der Waals surface area contributed by atoms with Gasteiger partial charge < -0.3 is 5.11 Å². The smallest absolute Gasteiger partial charge is 0.114 e. The van der Waals surface area contributed by atoms with Crippen molar-refractivity contribution in [3.05, 3.63) is 11.9 Å². The molecule has 1 atom stereocenters. The van der Waals surface area contributed by atoms with Crippen molar-refractivity contribution in [3.63, 3.8) is 0 Å². The molecule has 11 heavy (non-hydrogen) atoms. The Bertz CT molecular complexity index is 238. The first kappa shape index (κ1) is 6.79. The van der Waals surface area contributed by atoms with E-state index in [0.29, 0.717) is 11.6 Å². The predicted octanol–water partition coefficient (Wildman–Crippen LogP) is 0.422. The van der Waals surface area contributed by atoms with Crippen LogP contribution in [0.5, 0.6) is 0 Å². The number of nitrogens with zero attached hydrogens (tertiary/aromatic N) is 2. The van der Waals surface area contributed by atoms with E-state index in [9.17, 15) is 5.11 Å². The van der Waals surface area contributed by atoms with Gasteiger partial charge in [0.25, 0.3) is 0 Å². The Labute approximate surface area is 64.6 Å². The van der Waals surface area contributed by atoms with E-state index in [4.69, 9.17) is 0 Å². The molecule has 1 aromatic rings. The van der Waals surface area contributed by atoms with Crippen molar-refractivity contribution in [2.75, 3.05) is 0 Å². The normalized spacial score (nSPS) is 23.1. The summed E-state index contributed by atoms with van der Waals surface area (Å²) in [5.41, 5.74) is -0.118. The molecule has 0 bridgehead atoms. The summed E-state index contributed by atoms with van der Waals surface area (Å²) in [6.07, 6.45) is 3.85. The summed E-state index contributed by atoms with van der Waals surface area (Å²) >= 11 is 0. The average Bonchev–Trinajstić information content (AvgIpc) is 2.66. The highest BCUT2D eigenvalue weighted by Gasteiger charge is 2.42. The molecule has 0 radical (unpaired) electrons. The number of aromatic nitrogens is 3. The van der Waals surface area contributed by atoms with Crippen LogP contribution in [0.3, 0.4) is 0 Å². The van der Waals surface area contributed by atoms with Crippen LogP contribution >= 0.6 is 0 Å². The molecule has 60 valence electrons. The Balaban J connectivity index is 2.26. The van der Waals surface area contributed by atoms with Gasteiger partial charge in [-0.2, -0.15) is 0 Å². The second kappa shape index (κ2) is 2.04. The summed E-state index contributed by atoms with van der Waals surface area (Å²) in [5, 5.41) is 19.8. The molecular formula is C7H11N3O. The Morgan fingerprint density at radius 1 is 1.73 bits per heavy atom. The van der Waals surface area contributed by atoms with Gasteiger partial charge in [0.05, 0.1) is 0 Å². The van der Waals surface area contributed by atoms with E-state index < -0.39 is 5.60 Å². The van der Waals surface area contributed by atoms with Gasteiger partial charge in [-0.05, 0) is 25.7 Å². The van der Waals surface area contributed by atoms with Gasteiger partial charge in [0.1, 0.15) is 11.3 Å². The lowest BCUT2D eigenvalue weighted by molar-refractivity contribution is 0.0286. The molecule has 4 nitrogen and oxygen atoms in total. The fourth-order valence-electron chi connectivity index (χ4n) is 1.30. The molecule has 0 aromatic carbocycles. The first-order valence-electron chi connectivity index (χ1n) is 3.80. The SMILES string of the molecule is CC(O)(c1c[nH]nn1)C1CC1. The third kappa shape index (κ3) is 1.03. The van der Waals surface area contributed by atoms with E-state index in [1.54, 1.807) is 13.1 Å². The average molecular weight is 153 g/mol. The van der Waals surface area contributed by atoms with Crippen molar-refractivity contribution < 1.29 is 5.11 Å². The zero-order chi connectivity index (χ0) is 7.90.